The summed E-state index contributed by atoms with van der Waals surface area (Å²) in [6.07, 6.45) is 15.1. The number of hydrogen-bond donors (Lipinski definition) is 1. The first-order valence-corrected chi connectivity index (χ1v) is 14.7. The van der Waals surface area contributed by atoms with Gasteiger partial charge >= 0.3 is 10.4 Å². The second kappa shape index (κ2) is 9.00. The van der Waals surface area contributed by atoms with Gasteiger partial charge in [0, 0.05) is 0 Å². The largest absolute Gasteiger partial charge is 0.397 e. The summed E-state index contributed by atoms with van der Waals surface area (Å²) >= 11 is 0. The van der Waals surface area contributed by atoms with Crippen molar-refractivity contribution < 1.29 is 17.2 Å². The fourth-order valence-corrected chi connectivity index (χ4v) is 9.41. The van der Waals surface area contributed by atoms with Crippen LogP contribution in [0.3, 0.4) is 0 Å². The number of fused-ring (bicyclic) bond motifs is 5. The van der Waals surface area contributed by atoms with Crippen molar-refractivity contribution in [2.45, 2.75) is 111 Å². The lowest BCUT2D eigenvalue weighted by Crippen LogP contribution is -2.51. The molecule has 0 saturated heterocycles. The summed E-state index contributed by atoms with van der Waals surface area (Å²) in [4.78, 5) is 0. The van der Waals surface area contributed by atoms with E-state index in [1.807, 2.05) is 0 Å². The van der Waals surface area contributed by atoms with Crippen molar-refractivity contribution in [3.8, 4) is 0 Å². The average molecular weight is 467 g/mol. The summed E-state index contributed by atoms with van der Waals surface area (Å²) in [5.41, 5.74) is 2.05. The fraction of sp³-hybridized carbons (Fsp3) is 0.926. The van der Waals surface area contributed by atoms with Crippen LogP contribution in [0.4, 0.5) is 0 Å². The molecule has 4 rings (SSSR count). The fourth-order valence-electron chi connectivity index (χ4n) is 8.91. The van der Waals surface area contributed by atoms with Crippen molar-refractivity contribution in [3.05, 3.63) is 11.6 Å². The van der Waals surface area contributed by atoms with Crippen LogP contribution < -0.4 is 0 Å². The normalized spacial score (nSPS) is 42.7. The predicted molar refractivity (Wildman–Crippen MR) is 129 cm³/mol. The highest BCUT2D eigenvalue weighted by Gasteiger charge is 2.59. The van der Waals surface area contributed by atoms with E-state index in [1.165, 1.54) is 50.5 Å². The lowest BCUT2D eigenvalue weighted by atomic mass is 9.47. The highest BCUT2D eigenvalue weighted by atomic mass is 32.3. The molecule has 4 nitrogen and oxygen atoms in total. The van der Waals surface area contributed by atoms with Gasteiger partial charge < -0.3 is 0 Å². The standard InChI is InChI=1S/C27H46O4S/c1-18(2)7-6-8-19(3)23-11-12-24-22-10-9-20-17-21(31-32(28,29)30)13-15-26(20,4)25(22)14-16-27(23,24)5/h9,18-19,21-25H,6-8,10-17H2,1-5H3,(H,28,29,30)/t19-,21-,22+,23+,24+,25+,26-,27+/m0/s1. The summed E-state index contributed by atoms with van der Waals surface area (Å²) < 4.78 is 36.6. The zero-order chi connectivity index (χ0) is 23.3. The predicted octanol–water partition coefficient (Wildman–Crippen LogP) is 7.22. The van der Waals surface area contributed by atoms with Crippen molar-refractivity contribution in [2.24, 2.45) is 46.3 Å². The molecule has 4 aliphatic rings. The summed E-state index contributed by atoms with van der Waals surface area (Å²) in [5, 5.41) is 0. The van der Waals surface area contributed by atoms with Gasteiger partial charge in [0.05, 0.1) is 6.10 Å². The molecule has 0 unspecified atom stereocenters. The van der Waals surface area contributed by atoms with Gasteiger partial charge in [-0.3, -0.25) is 4.55 Å². The third kappa shape index (κ3) is 4.60. The van der Waals surface area contributed by atoms with Crippen molar-refractivity contribution >= 4 is 10.4 Å². The smallest absolute Gasteiger partial charge is 0.264 e. The van der Waals surface area contributed by atoms with Crippen LogP contribution in [-0.2, 0) is 14.6 Å². The van der Waals surface area contributed by atoms with E-state index in [0.29, 0.717) is 24.2 Å². The second-order valence-electron chi connectivity index (χ2n) is 12.7. The van der Waals surface area contributed by atoms with Gasteiger partial charge in [-0.1, -0.05) is 65.5 Å². The van der Waals surface area contributed by atoms with E-state index in [1.54, 1.807) is 0 Å². The molecule has 0 bridgehead atoms. The van der Waals surface area contributed by atoms with E-state index >= 15 is 0 Å². The molecule has 0 radical (unpaired) electrons. The van der Waals surface area contributed by atoms with Gasteiger partial charge in [0.1, 0.15) is 0 Å². The van der Waals surface area contributed by atoms with E-state index in [2.05, 4.69) is 40.7 Å². The first kappa shape index (κ1) is 24.7. The molecular formula is C27H46O4S. The van der Waals surface area contributed by atoms with Crippen LogP contribution in [-0.4, -0.2) is 19.1 Å². The van der Waals surface area contributed by atoms with E-state index in [-0.39, 0.29) is 5.41 Å². The topological polar surface area (TPSA) is 63.6 Å². The summed E-state index contributed by atoms with van der Waals surface area (Å²) in [5.74, 6) is 4.83. The molecule has 3 saturated carbocycles. The van der Waals surface area contributed by atoms with Crippen LogP contribution in [0.25, 0.3) is 0 Å². The van der Waals surface area contributed by atoms with Crippen LogP contribution in [0.2, 0.25) is 0 Å². The van der Waals surface area contributed by atoms with Crippen LogP contribution in [0.1, 0.15) is 105 Å². The Kier molecular flexibility index (Phi) is 6.95. The van der Waals surface area contributed by atoms with Crippen LogP contribution in [0.15, 0.2) is 11.6 Å². The van der Waals surface area contributed by atoms with E-state index in [0.717, 1.165) is 42.4 Å². The van der Waals surface area contributed by atoms with E-state index in [4.69, 9.17) is 8.74 Å². The Morgan fingerprint density at radius 2 is 1.81 bits per heavy atom. The average Bonchev–Trinajstić information content (AvgIpc) is 3.04. The molecule has 0 aromatic heterocycles. The molecule has 0 aromatic carbocycles. The highest BCUT2D eigenvalue weighted by molar-refractivity contribution is 7.80. The van der Waals surface area contributed by atoms with Gasteiger partial charge in [0.2, 0.25) is 0 Å². The first-order valence-electron chi connectivity index (χ1n) is 13.3. The number of hydrogen-bond acceptors (Lipinski definition) is 3. The summed E-state index contributed by atoms with van der Waals surface area (Å²) in [6, 6.07) is 0. The minimum atomic E-state index is -4.38. The molecule has 32 heavy (non-hydrogen) atoms. The monoisotopic (exact) mass is 466 g/mol. The van der Waals surface area contributed by atoms with Crippen molar-refractivity contribution in [3.63, 3.8) is 0 Å². The Labute approximate surface area is 196 Å². The maximum Gasteiger partial charge on any atom is 0.397 e. The maximum absolute atomic E-state index is 11.2. The van der Waals surface area contributed by atoms with E-state index < -0.39 is 16.5 Å². The second-order valence-corrected chi connectivity index (χ2v) is 13.7. The summed E-state index contributed by atoms with van der Waals surface area (Å²) in [6.45, 7) is 12.3. The van der Waals surface area contributed by atoms with Gasteiger partial charge in [-0.15, -0.1) is 0 Å². The molecule has 0 spiro atoms. The van der Waals surface area contributed by atoms with Crippen molar-refractivity contribution in [2.75, 3.05) is 0 Å². The zero-order valence-corrected chi connectivity index (χ0v) is 21.8. The van der Waals surface area contributed by atoms with Gasteiger partial charge in [-0.05, 0) is 97.7 Å². The quantitative estimate of drug-likeness (QED) is 0.318. The molecule has 1 N–H and O–H groups in total. The molecule has 3 fully saturated rings. The Balaban J connectivity index is 1.47. The van der Waals surface area contributed by atoms with Gasteiger partial charge in [0.15, 0.2) is 0 Å². The van der Waals surface area contributed by atoms with Gasteiger partial charge in [0.25, 0.3) is 0 Å². The van der Waals surface area contributed by atoms with Crippen LogP contribution in [0.5, 0.6) is 0 Å². The first-order chi connectivity index (χ1) is 14.9. The van der Waals surface area contributed by atoms with Crippen molar-refractivity contribution in [1.29, 1.82) is 0 Å². The minimum absolute atomic E-state index is 0.171. The molecule has 0 heterocycles. The Hall–Kier alpha value is -0.390. The highest BCUT2D eigenvalue weighted by Crippen LogP contribution is 2.67. The lowest BCUT2D eigenvalue weighted by molar-refractivity contribution is -0.0560. The van der Waals surface area contributed by atoms with E-state index in [9.17, 15) is 8.42 Å². The summed E-state index contributed by atoms with van der Waals surface area (Å²) in [7, 11) is -4.38. The Morgan fingerprint density at radius 3 is 2.50 bits per heavy atom. The molecule has 4 aliphatic carbocycles. The SMILES string of the molecule is CC(C)CCC[C@H](C)[C@H]1CC[C@@H]2[C@H]3CC=C4C[C@@H](OS(=O)(=O)O)CC[C@]4(C)[C@@H]3CC[C@@]21C. The molecule has 0 aromatic rings. The van der Waals surface area contributed by atoms with Gasteiger partial charge in [-0.2, -0.15) is 8.42 Å². The molecule has 8 atom stereocenters. The Bertz CT molecular complexity index is 818. The lowest BCUT2D eigenvalue weighted by Gasteiger charge is -2.58. The maximum atomic E-state index is 11.2. The van der Waals surface area contributed by atoms with Crippen molar-refractivity contribution in [1.82, 2.24) is 0 Å². The number of rotatable bonds is 7. The molecular weight excluding hydrogens is 420 g/mol. The van der Waals surface area contributed by atoms with Gasteiger partial charge in [-0.25, -0.2) is 4.18 Å². The molecule has 184 valence electrons. The minimum Gasteiger partial charge on any atom is -0.264 e. The third-order valence-corrected chi connectivity index (χ3v) is 11.0. The van der Waals surface area contributed by atoms with Crippen LogP contribution in [0, 0.1) is 46.3 Å². The third-order valence-electron chi connectivity index (χ3n) is 10.5. The zero-order valence-electron chi connectivity index (χ0n) is 21.0. The molecule has 0 amide bonds. The molecule has 0 aliphatic heterocycles. The Morgan fingerprint density at radius 1 is 1.06 bits per heavy atom. The van der Waals surface area contributed by atoms with Crippen LogP contribution >= 0.6 is 0 Å². The molecule has 5 heteroatoms. The number of allylic oxidation sites excluding steroid dienone is 1.